The monoisotopic (exact) mass is 325 g/mol. The van der Waals surface area contributed by atoms with Gasteiger partial charge in [-0.15, -0.1) is 0 Å². The molecule has 6 nitrogen and oxygen atoms in total. The molecular formula is C18H19N3O3. The van der Waals surface area contributed by atoms with Gasteiger partial charge >= 0.3 is 0 Å². The summed E-state index contributed by atoms with van der Waals surface area (Å²) in [5.41, 5.74) is 2.21. The summed E-state index contributed by atoms with van der Waals surface area (Å²) in [6.45, 7) is 0.748. The smallest absolute Gasteiger partial charge is 0.287 e. The molecule has 3 rings (SSSR count). The first kappa shape index (κ1) is 15.9. The number of nitrogens with one attached hydrogen (secondary N) is 3. The number of aromatic amines is 1. The Hall–Kier alpha value is -3.02. The predicted molar refractivity (Wildman–Crippen MR) is 90.7 cm³/mol. The van der Waals surface area contributed by atoms with Crippen LogP contribution in [-0.2, 0) is 11.2 Å². The van der Waals surface area contributed by atoms with Gasteiger partial charge in [0.05, 0.1) is 6.26 Å². The van der Waals surface area contributed by atoms with Crippen LogP contribution >= 0.6 is 0 Å². The van der Waals surface area contributed by atoms with Crippen molar-refractivity contribution in [3.8, 4) is 0 Å². The number of furan rings is 1. The molecule has 1 aromatic carbocycles. The summed E-state index contributed by atoms with van der Waals surface area (Å²) in [6, 6.07) is 11.3. The fourth-order valence-electron chi connectivity index (χ4n) is 2.55. The van der Waals surface area contributed by atoms with Gasteiger partial charge in [0, 0.05) is 36.6 Å². The second-order valence-electron chi connectivity index (χ2n) is 5.44. The fourth-order valence-corrected chi connectivity index (χ4v) is 2.55. The zero-order valence-electron chi connectivity index (χ0n) is 13.2. The maximum Gasteiger partial charge on any atom is 0.287 e. The minimum Gasteiger partial charge on any atom is -0.459 e. The van der Waals surface area contributed by atoms with Crippen LogP contribution in [0.5, 0.6) is 0 Å². The van der Waals surface area contributed by atoms with E-state index < -0.39 is 0 Å². The Morgan fingerprint density at radius 2 is 1.88 bits per heavy atom. The van der Waals surface area contributed by atoms with Crippen LogP contribution in [0.3, 0.4) is 0 Å². The van der Waals surface area contributed by atoms with E-state index in [1.165, 1.54) is 6.26 Å². The van der Waals surface area contributed by atoms with Crippen molar-refractivity contribution < 1.29 is 14.0 Å². The third-order valence-electron chi connectivity index (χ3n) is 3.77. The van der Waals surface area contributed by atoms with Crippen LogP contribution < -0.4 is 10.6 Å². The van der Waals surface area contributed by atoms with Gasteiger partial charge in [0.15, 0.2) is 5.76 Å². The number of carbonyl (C=O) groups excluding carboxylic acids is 2. The number of hydrogen-bond acceptors (Lipinski definition) is 3. The molecule has 2 aromatic heterocycles. The first-order chi connectivity index (χ1) is 11.7. The molecule has 0 bridgehead atoms. The van der Waals surface area contributed by atoms with Crippen LogP contribution in [0.4, 0.5) is 0 Å². The Bertz CT molecular complexity index is 821. The highest BCUT2D eigenvalue weighted by Crippen LogP contribution is 2.18. The maximum absolute atomic E-state index is 11.9. The standard InChI is InChI=1S/C18H19N3O3/c22-17(19-9-10-20-18(23)16-6-3-11-24-16)8-7-13-12-21-15-5-2-1-4-14(13)15/h1-6,11-12,21H,7-10H2,(H,19,22)(H,20,23). The van der Waals surface area contributed by atoms with Gasteiger partial charge in [0.2, 0.25) is 5.91 Å². The van der Waals surface area contributed by atoms with Gasteiger partial charge in [-0.2, -0.15) is 0 Å². The second-order valence-corrected chi connectivity index (χ2v) is 5.44. The van der Waals surface area contributed by atoms with Gasteiger partial charge in [-0.05, 0) is 30.2 Å². The summed E-state index contributed by atoms with van der Waals surface area (Å²) < 4.78 is 4.99. The van der Waals surface area contributed by atoms with Gasteiger partial charge in [-0.25, -0.2) is 0 Å². The molecule has 0 fully saturated rings. The van der Waals surface area contributed by atoms with Crippen molar-refractivity contribution in [3.05, 3.63) is 60.2 Å². The number of hydrogen-bond donors (Lipinski definition) is 3. The summed E-state index contributed by atoms with van der Waals surface area (Å²) in [4.78, 5) is 26.7. The quantitative estimate of drug-likeness (QED) is 0.582. The molecular weight excluding hydrogens is 306 g/mol. The molecule has 2 heterocycles. The van der Waals surface area contributed by atoms with Gasteiger partial charge in [0.1, 0.15) is 0 Å². The molecule has 2 amide bonds. The van der Waals surface area contributed by atoms with E-state index in [9.17, 15) is 9.59 Å². The average Bonchev–Trinajstić information content (AvgIpc) is 3.26. The van der Waals surface area contributed by atoms with Crippen LogP contribution in [0.2, 0.25) is 0 Å². The van der Waals surface area contributed by atoms with Gasteiger partial charge < -0.3 is 20.0 Å². The number of amides is 2. The number of carbonyl (C=O) groups is 2. The first-order valence-electron chi connectivity index (χ1n) is 7.87. The van der Waals surface area contributed by atoms with E-state index in [1.54, 1.807) is 12.1 Å². The fraction of sp³-hybridized carbons (Fsp3) is 0.222. The van der Waals surface area contributed by atoms with Crippen LogP contribution in [0, 0.1) is 0 Å². The van der Waals surface area contributed by atoms with Crippen molar-refractivity contribution in [2.45, 2.75) is 12.8 Å². The Balaban J connectivity index is 1.38. The molecule has 0 spiro atoms. The largest absolute Gasteiger partial charge is 0.459 e. The lowest BCUT2D eigenvalue weighted by Gasteiger charge is -2.06. The second kappa shape index (κ2) is 7.50. The molecule has 124 valence electrons. The van der Waals surface area contributed by atoms with Crippen molar-refractivity contribution >= 4 is 22.7 Å². The summed E-state index contributed by atoms with van der Waals surface area (Å²) in [7, 11) is 0. The molecule has 3 aromatic rings. The van der Waals surface area contributed by atoms with Crippen molar-refractivity contribution in [2.75, 3.05) is 13.1 Å². The number of benzene rings is 1. The summed E-state index contributed by atoms with van der Waals surface area (Å²) >= 11 is 0. The Morgan fingerprint density at radius 3 is 2.71 bits per heavy atom. The summed E-state index contributed by atoms with van der Waals surface area (Å²) in [6.07, 6.45) is 4.48. The van der Waals surface area contributed by atoms with Crippen molar-refractivity contribution in [2.24, 2.45) is 0 Å². The third-order valence-corrected chi connectivity index (χ3v) is 3.77. The molecule has 24 heavy (non-hydrogen) atoms. The van der Waals surface area contributed by atoms with Gasteiger partial charge in [0.25, 0.3) is 5.91 Å². The molecule has 0 aliphatic heterocycles. The Morgan fingerprint density at radius 1 is 1.04 bits per heavy atom. The number of H-pyrrole nitrogens is 1. The van der Waals surface area contributed by atoms with Crippen molar-refractivity contribution in [3.63, 3.8) is 0 Å². The lowest BCUT2D eigenvalue weighted by atomic mass is 10.1. The molecule has 0 aliphatic rings. The van der Waals surface area contributed by atoms with Crippen LogP contribution in [-0.4, -0.2) is 29.9 Å². The molecule has 0 atom stereocenters. The van der Waals surface area contributed by atoms with E-state index in [1.807, 2.05) is 30.5 Å². The lowest BCUT2D eigenvalue weighted by Crippen LogP contribution is -2.34. The highest BCUT2D eigenvalue weighted by atomic mass is 16.3. The third kappa shape index (κ3) is 3.84. The minimum atomic E-state index is -0.284. The zero-order chi connectivity index (χ0) is 16.8. The number of rotatable bonds is 7. The molecule has 0 saturated carbocycles. The first-order valence-corrected chi connectivity index (χ1v) is 7.87. The summed E-state index contributed by atoms with van der Waals surface area (Å²) in [5.74, 6) is -0.0544. The predicted octanol–water partition coefficient (Wildman–Crippen LogP) is 2.24. The van der Waals surface area contributed by atoms with Crippen LogP contribution in [0.25, 0.3) is 10.9 Å². The van der Waals surface area contributed by atoms with Crippen LogP contribution in [0.15, 0.2) is 53.3 Å². The highest BCUT2D eigenvalue weighted by Gasteiger charge is 2.08. The normalized spacial score (nSPS) is 10.7. The summed E-state index contributed by atoms with van der Waals surface area (Å²) in [5, 5.41) is 6.63. The van der Waals surface area contributed by atoms with E-state index >= 15 is 0 Å². The molecule has 3 N–H and O–H groups in total. The zero-order valence-corrected chi connectivity index (χ0v) is 13.2. The van der Waals surface area contributed by atoms with Gasteiger partial charge in [-0.1, -0.05) is 18.2 Å². The molecule has 0 aliphatic carbocycles. The number of para-hydroxylation sites is 1. The maximum atomic E-state index is 11.9. The van der Waals surface area contributed by atoms with Gasteiger partial charge in [-0.3, -0.25) is 9.59 Å². The van der Waals surface area contributed by atoms with Crippen molar-refractivity contribution in [1.29, 1.82) is 0 Å². The van der Waals surface area contributed by atoms with E-state index in [-0.39, 0.29) is 17.6 Å². The SMILES string of the molecule is O=C(CCc1c[nH]c2ccccc12)NCCNC(=O)c1ccco1. The molecule has 0 unspecified atom stereocenters. The average molecular weight is 325 g/mol. The van der Waals surface area contributed by atoms with E-state index in [2.05, 4.69) is 15.6 Å². The van der Waals surface area contributed by atoms with E-state index in [0.29, 0.717) is 25.9 Å². The molecule has 6 heteroatoms. The number of aryl methyl sites for hydroxylation is 1. The topological polar surface area (TPSA) is 87.1 Å². The van der Waals surface area contributed by atoms with E-state index in [0.717, 1.165) is 16.5 Å². The Labute approximate surface area is 139 Å². The van der Waals surface area contributed by atoms with Crippen molar-refractivity contribution in [1.82, 2.24) is 15.6 Å². The van der Waals surface area contributed by atoms with Crippen LogP contribution in [0.1, 0.15) is 22.5 Å². The minimum absolute atomic E-state index is 0.0347. The highest BCUT2D eigenvalue weighted by molar-refractivity contribution is 5.91. The molecule has 0 saturated heterocycles. The number of fused-ring (bicyclic) bond motifs is 1. The Kier molecular flexibility index (Phi) is 4.96. The molecule has 0 radical (unpaired) electrons. The lowest BCUT2D eigenvalue weighted by molar-refractivity contribution is -0.121. The number of aromatic nitrogens is 1. The van der Waals surface area contributed by atoms with E-state index in [4.69, 9.17) is 4.42 Å².